The zero-order valence-corrected chi connectivity index (χ0v) is 37.2. The Balaban J connectivity index is 1.06. The van der Waals surface area contributed by atoms with Crippen LogP contribution >= 0.6 is 0 Å². The van der Waals surface area contributed by atoms with E-state index >= 15 is 0 Å². The first-order valence-electron chi connectivity index (χ1n) is 22.8. The number of piperidine rings is 1. The molecule has 16 heteroatoms. The van der Waals surface area contributed by atoms with Crippen molar-refractivity contribution in [3.05, 3.63) is 42.5 Å². The number of fused-ring (bicyclic) bond motifs is 7. The van der Waals surface area contributed by atoms with Gasteiger partial charge in [0.15, 0.2) is 0 Å². The Kier molecular flexibility index (Phi) is 11.0. The fraction of sp³-hybridized carbons (Fsp3) is 0.674. The number of carbonyl (C=O) groups is 4. The number of amides is 4. The van der Waals surface area contributed by atoms with Crippen LogP contribution in [-0.2, 0) is 35.6 Å². The highest BCUT2D eigenvalue weighted by atomic mass is 32.2. The van der Waals surface area contributed by atoms with Crippen molar-refractivity contribution >= 4 is 44.7 Å². The van der Waals surface area contributed by atoms with E-state index < -0.39 is 73.6 Å². The molecule has 2 unspecified atom stereocenters. The van der Waals surface area contributed by atoms with Gasteiger partial charge in [-0.25, -0.2) is 18.2 Å². The minimum Gasteiger partial charge on any atom is -0.489 e. The number of aromatic nitrogens is 1. The molecular formula is C46H62N6O9S. The number of hydrogen-bond acceptors (Lipinski definition) is 11. The third kappa shape index (κ3) is 8.37. The molecule has 4 bridgehead atoms. The molecule has 62 heavy (non-hydrogen) atoms. The van der Waals surface area contributed by atoms with E-state index in [-0.39, 0.29) is 37.5 Å². The molecule has 5 heterocycles. The van der Waals surface area contributed by atoms with Gasteiger partial charge < -0.3 is 35.1 Å². The second-order valence-electron chi connectivity index (χ2n) is 20.4. The number of alkyl carbamates (subject to hydrolysis) is 1. The van der Waals surface area contributed by atoms with Crippen LogP contribution in [0.15, 0.2) is 36.9 Å². The number of rotatable bonds is 8. The van der Waals surface area contributed by atoms with Crippen molar-refractivity contribution in [3.8, 4) is 11.6 Å². The van der Waals surface area contributed by atoms with Gasteiger partial charge in [-0.15, -0.1) is 6.58 Å². The lowest BCUT2D eigenvalue weighted by Gasteiger charge is -2.35. The molecule has 1 aromatic carbocycles. The first kappa shape index (κ1) is 42.8. The number of ether oxygens (including phenoxy) is 3. The van der Waals surface area contributed by atoms with E-state index in [0.29, 0.717) is 42.7 Å². The van der Waals surface area contributed by atoms with E-state index in [1.54, 1.807) is 6.92 Å². The molecule has 6 fully saturated rings. The Morgan fingerprint density at radius 2 is 1.76 bits per heavy atom. The number of carbonyl (C=O) groups excluding carboxylic acids is 4. The summed E-state index contributed by atoms with van der Waals surface area (Å²) in [5.74, 6) is -1.10. The fourth-order valence-corrected chi connectivity index (χ4v) is 11.5. The van der Waals surface area contributed by atoms with Crippen LogP contribution < -0.4 is 30.1 Å². The topological polar surface area (TPSA) is 194 Å². The van der Waals surface area contributed by atoms with Gasteiger partial charge in [-0.3, -0.25) is 19.1 Å². The zero-order valence-electron chi connectivity index (χ0n) is 36.4. The maximum absolute atomic E-state index is 14.9. The first-order valence-corrected chi connectivity index (χ1v) is 24.3. The lowest BCUT2D eigenvalue weighted by Crippen LogP contribution is -2.60. The molecule has 0 radical (unpaired) electrons. The first-order chi connectivity index (χ1) is 29.5. The predicted octanol–water partition coefficient (Wildman–Crippen LogP) is 4.95. The van der Waals surface area contributed by atoms with Crippen molar-refractivity contribution in [2.24, 2.45) is 17.3 Å². The molecule has 7 aliphatic rings. The monoisotopic (exact) mass is 874 g/mol. The summed E-state index contributed by atoms with van der Waals surface area (Å²) >= 11 is 0. The summed E-state index contributed by atoms with van der Waals surface area (Å²) < 4.78 is 47.3. The molecule has 2 aromatic rings. The third-order valence-electron chi connectivity index (χ3n) is 14.6. The summed E-state index contributed by atoms with van der Waals surface area (Å²) in [7, 11) is -4.01. The van der Waals surface area contributed by atoms with Crippen LogP contribution in [0.4, 0.5) is 4.79 Å². The van der Waals surface area contributed by atoms with Crippen LogP contribution in [0.3, 0.4) is 0 Å². The van der Waals surface area contributed by atoms with Gasteiger partial charge in [-0.05, 0) is 101 Å². The Labute approximate surface area is 364 Å². The third-order valence-corrected chi connectivity index (χ3v) is 16.8. The number of nitrogens with zero attached hydrogens (tertiary/aromatic N) is 2. The zero-order chi connectivity index (χ0) is 43.8. The van der Waals surface area contributed by atoms with E-state index in [2.05, 4.69) is 27.3 Å². The summed E-state index contributed by atoms with van der Waals surface area (Å²) in [6.07, 6.45) is 10.1. The van der Waals surface area contributed by atoms with Gasteiger partial charge in [0.1, 0.15) is 41.7 Å². The molecule has 9 rings (SSSR count). The van der Waals surface area contributed by atoms with E-state index in [0.717, 1.165) is 74.5 Å². The maximum atomic E-state index is 14.9. The van der Waals surface area contributed by atoms with Crippen LogP contribution in [-0.4, -0.2) is 101 Å². The molecule has 4 amide bonds. The predicted molar refractivity (Wildman–Crippen MR) is 231 cm³/mol. The van der Waals surface area contributed by atoms with Crippen molar-refractivity contribution in [2.75, 3.05) is 6.54 Å². The summed E-state index contributed by atoms with van der Waals surface area (Å²) in [5.41, 5.74) is -0.798. The summed E-state index contributed by atoms with van der Waals surface area (Å²) in [6, 6.07) is 6.52. The molecule has 3 saturated carbocycles. The molecule has 9 atom stereocenters. The van der Waals surface area contributed by atoms with E-state index in [1.165, 1.54) is 11.0 Å². The number of para-hydroxylation sites is 1. The van der Waals surface area contributed by atoms with Gasteiger partial charge in [-0.2, -0.15) is 0 Å². The summed E-state index contributed by atoms with van der Waals surface area (Å²) in [5, 5.41) is 10.3. The molecule has 3 aliphatic carbocycles. The highest BCUT2D eigenvalue weighted by Crippen LogP contribution is 2.48. The number of sulfonamides is 1. The van der Waals surface area contributed by atoms with Crippen molar-refractivity contribution in [2.45, 2.75) is 170 Å². The second kappa shape index (κ2) is 16.0. The van der Waals surface area contributed by atoms with Crippen molar-refractivity contribution in [3.63, 3.8) is 0 Å². The lowest BCUT2D eigenvalue weighted by atomic mass is 9.85. The minimum absolute atomic E-state index is 0.0224. The average Bonchev–Trinajstić information content (AvgIpc) is 4.18. The molecule has 4 N–H and O–H groups in total. The normalized spacial score (nSPS) is 34.2. The molecule has 4 aliphatic heterocycles. The molecule has 1 aromatic heterocycles. The van der Waals surface area contributed by atoms with Crippen LogP contribution in [0.1, 0.15) is 117 Å². The number of nitrogens with one attached hydrogen (secondary N) is 4. The molecule has 0 spiro atoms. The standard InChI is InChI=1S/C46H62N6O9S/c1-6-27-24-46(27,42(55)51-62(57,58)45(5)18-19-45)50-39(53)35-23-31-25-52(35)41(54)38(44(2,3)4)49-43(56)61-36-20-26(36)12-8-7-9-14-33-37(59-30-21-28-16-17-29(22-30)47-28)32-13-10-11-15-34(32)48-40(33)60-31/h6,10-11,13,15,26-31,35-36,38,47H,1,7-9,12,14,16-25H2,2-5H3,(H,49,56)(H,50,53)(H,51,55)/t26-,27-,28?,29?,30?,31-,35+,36-,38-,46-/m1/s1. The quantitative estimate of drug-likeness (QED) is 0.262. The van der Waals surface area contributed by atoms with Crippen LogP contribution in [0.5, 0.6) is 11.6 Å². The summed E-state index contributed by atoms with van der Waals surface area (Å²) in [6.45, 7) is 10.9. The van der Waals surface area contributed by atoms with Crippen LogP contribution in [0.25, 0.3) is 10.9 Å². The lowest BCUT2D eigenvalue weighted by molar-refractivity contribution is -0.142. The average molecular weight is 875 g/mol. The Morgan fingerprint density at radius 3 is 2.45 bits per heavy atom. The fourth-order valence-electron chi connectivity index (χ4n) is 10.2. The summed E-state index contributed by atoms with van der Waals surface area (Å²) in [4.78, 5) is 63.3. The van der Waals surface area contributed by atoms with Crippen LogP contribution in [0, 0.1) is 17.3 Å². The van der Waals surface area contributed by atoms with E-state index in [4.69, 9.17) is 19.2 Å². The Bertz CT molecular complexity index is 2250. The van der Waals surface area contributed by atoms with Crippen molar-refractivity contribution in [1.82, 2.24) is 30.6 Å². The van der Waals surface area contributed by atoms with Crippen molar-refractivity contribution in [1.29, 1.82) is 0 Å². The van der Waals surface area contributed by atoms with E-state index in [9.17, 15) is 27.6 Å². The highest BCUT2D eigenvalue weighted by molar-refractivity contribution is 7.91. The number of hydrogen-bond donors (Lipinski definition) is 4. The van der Waals surface area contributed by atoms with Gasteiger partial charge in [0.25, 0.3) is 5.91 Å². The van der Waals surface area contributed by atoms with Gasteiger partial charge in [0.2, 0.25) is 27.7 Å². The molecule has 15 nitrogen and oxygen atoms in total. The smallest absolute Gasteiger partial charge is 0.408 e. The molecule has 336 valence electrons. The van der Waals surface area contributed by atoms with Crippen molar-refractivity contribution < 1.29 is 41.8 Å². The minimum atomic E-state index is -4.01. The van der Waals surface area contributed by atoms with Gasteiger partial charge in [0, 0.05) is 29.8 Å². The van der Waals surface area contributed by atoms with Gasteiger partial charge in [0.05, 0.1) is 22.4 Å². The second-order valence-corrected chi connectivity index (χ2v) is 22.6. The molecular weight excluding hydrogens is 813 g/mol. The Morgan fingerprint density at radius 1 is 1.02 bits per heavy atom. The largest absolute Gasteiger partial charge is 0.489 e. The molecule has 3 saturated heterocycles. The highest BCUT2D eigenvalue weighted by Gasteiger charge is 2.63. The SMILES string of the molecule is C=C[C@@H]1C[C@]1(NC(=O)[C@@H]1C[C@@H]2CN1C(=O)[C@H](C(C)(C)C)NC(=O)O[C@@H]1C[C@H]1CCCCCc1c(nc3ccccc3c1OC1CC3CCC(C1)N3)O2)C(=O)NS(=O)(=O)C1(C)CC1. The maximum Gasteiger partial charge on any atom is 0.408 e. The number of pyridine rings is 1. The van der Waals surface area contributed by atoms with Gasteiger partial charge in [-0.1, -0.05) is 51.8 Å². The van der Waals surface area contributed by atoms with Crippen LogP contribution in [0.2, 0.25) is 0 Å². The van der Waals surface area contributed by atoms with E-state index in [1.807, 2.05) is 45.0 Å². The van der Waals surface area contributed by atoms with Gasteiger partial charge >= 0.3 is 6.09 Å². The number of benzene rings is 1. The Hall–Kier alpha value is -4.44.